The third-order valence-electron chi connectivity index (χ3n) is 12.7. The quantitative estimate of drug-likeness (QED) is 0.156. The molecule has 0 radical (unpaired) electrons. The molecule has 60 heavy (non-hydrogen) atoms. The van der Waals surface area contributed by atoms with Gasteiger partial charge in [-0.15, -0.1) is 0 Å². The largest absolute Gasteiger partial charge is 0.309 e. The number of nitrogens with zero attached hydrogens (tertiary/aromatic N) is 1. The van der Waals surface area contributed by atoms with Gasteiger partial charge < -0.3 is 4.90 Å². The van der Waals surface area contributed by atoms with Gasteiger partial charge in [0.05, 0.1) is 11.4 Å². The summed E-state index contributed by atoms with van der Waals surface area (Å²) in [6.45, 7) is 11.6. The van der Waals surface area contributed by atoms with Gasteiger partial charge in [-0.25, -0.2) is 0 Å². The topological polar surface area (TPSA) is 3.24 Å². The number of hydrogen-bond donors (Lipinski definition) is 0. The summed E-state index contributed by atoms with van der Waals surface area (Å²) in [6, 6.07) is 76.2. The predicted octanol–water partition coefficient (Wildman–Crippen LogP) is 16.6. The minimum absolute atomic E-state index is 0.0585. The van der Waals surface area contributed by atoms with E-state index in [4.69, 9.17) is 0 Å². The number of hydrogen-bond acceptors (Lipinski definition) is 1. The minimum atomic E-state index is -0.0592. The molecule has 0 aliphatic heterocycles. The number of anilines is 3. The van der Waals surface area contributed by atoms with Gasteiger partial charge in [-0.1, -0.05) is 217 Å². The van der Waals surface area contributed by atoms with Crippen LogP contribution in [-0.4, -0.2) is 0 Å². The molecule has 1 heteroatoms. The second-order valence-corrected chi connectivity index (χ2v) is 17.7. The molecule has 0 amide bonds. The van der Waals surface area contributed by atoms with Crippen molar-refractivity contribution in [2.45, 2.75) is 45.4 Å². The molecule has 0 atom stereocenters. The second kappa shape index (κ2) is 14.7. The maximum absolute atomic E-state index is 2.51. The molecule has 0 bridgehead atoms. The van der Waals surface area contributed by atoms with Crippen molar-refractivity contribution < 1.29 is 0 Å². The first-order valence-electron chi connectivity index (χ1n) is 21.2. The summed E-state index contributed by atoms with van der Waals surface area (Å²) in [5.74, 6) is 0. The van der Waals surface area contributed by atoms with Crippen LogP contribution in [0.5, 0.6) is 0 Å². The summed E-state index contributed by atoms with van der Waals surface area (Å²) in [4.78, 5) is 2.51. The van der Waals surface area contributed by atoms with Gasteiger partial charge in [-0.05, 0) is 102 Å². The lowest BCUT2D eigenvalue weighted by Crippen LogP contribution is -2.16. The van der Waals surface area contributed by atoms with Gasteiger partial charge >= 0.3 is 0 Å². The Labute approximate surface area is 355 Å². The average Bonchev–Trinajstić information content (AvgIpc) is 3.52. The molecule has 0 aromatic heterocycles. The molecule has 0 spiro atoms. The summed E-state index contributed by atoms with van der Waals surface area (Å²) in [7, 11) is 0. The van der Waals surface area contributed by atoms with E-state index in [-0.39, 0.29) is 10.8 Å². The molecule has 0 saturated heterocycles. The van der Waals surface area contributed by atoms with Crippen LogP contribution in [0.4, 0.5) is 17.1 Å². The van der Waals surface area contributed by atoms with Crippen LogP contribution in [0.3, 0.4) is 0 Å². The number of rotatable bonds is 7. The van der Waals surface area contributed by atoms with Crippen molar-refractivity contribution in [3.8, 4) is 55.6 Å². The van der Waals surface area contributed by atoms with Crippen LogP contribution in [0.2, 0.25) is 0 Å². The van der Waals surface area contributed by atoms with E-state index in [9.17, 15) is 0 Å². The standard InChI is InChI=1S/C59H49N/c1-58(2,3)44-35-38-46(40-19-8-6-9-20-40)55(39-44)60(45-36-33-42(34-37-45)48-28-18-31-53-57(48)51-26-12-14-30-52(51)59(53,4)5)54-32-15-13-25-49(54)50-29-17-24-43-23-16-27-47(56(43)50)41-21-10-7-11-22-41/h6-39H,1-5H3. The van der Waals surface area contributed by atoms with E-state index in [2.05, 4.69) is 246 Å². The lowest BCUT2D eigenvalue weighted by Gasteiger charge is -2.32. The van der Waals surface area contributed by atoms with E-state index < -0.39 is 0 Å². The number of fused-ring (bicyclic) bond motifs is 4. The molecule has 0 fully saturated rings. The van der Waals surface area contributed by atoms with Crippen molar-refractivity contribution in [1.29, 1.82) is 0 Å². The Kier molecular flexibility index (Phi) is 9.14. The van der Waals surface area contributed by atoms with E-state index in [1.54, 1.807) is 0 Å². The fraction of sp³-hybridized carbons (Fsp3) is 0.119. The molecule has 1 aliphatic rings. The zero-order chi connectivity index (χ0) is 41.0. The van der Waals surface area contributed by atoms with Crippen LogP contribution in [0, 0.1) is 0 Å². The van der Waals surface area contributed by atoms with Gasteiger partial charge in [0.15, 0.2) is 0 Å². The Balaban J connectivity index is 1.22. The van der Waals surface area contributed by atoms with Gasteiger partial charge in [0, 0.05) is 22.2 Å². The van der Waals surface area contributed by atoms with Gasteiger partial charge in [-0.2, -0.15) is 0 Å². The molecule has 1 aliphatic carbocycles. The van der Waals surface area contributed by atoms with Gasteiger partial charge in [0.1, 0.15) is 0 Å². The first kappa shape index (κ1) is 37.3. The Morgan fingerprint density at radius 3 is 1.62 bits per heavy atom. The fourth-order valence-electron chi connectivity index (χ4n) is 9.56. The lowest BCUT2D eigenvalue weighted by atomic mass is 9.82. The highest BCUT2D eigenvalue weighted by Gasteiger charge is 2.36. The Morgan fingerprint density at radius 1 is 0.383 bits per heavy atom. The van der Waals surface area contributed by atoms with Crippen LogP contribution in [0.15, 0.2) is 206 Å². The van der Waals surface area contributed by atoms with E-state index in [0.29, 0.717) is 0 Å². The zero-order valence-electron chi connectivity index (χ0n) is 35.1. The molecule has 1 nitrogen and oxygen atoms in total. The van der Waals surface area contributed by atoms with Crippen LogP contribution < -0.4 is 4.90 Å². The predicted molar refractivity (Wildman–Crippen MR) is 257 cm³/mol. The molecule has 10 rings (SSSR count). The Morgan fingerprint density at radius 2 is 0.917 bits per heavy atom. The number of para-hydroxylation sites is 1. The van der Waals surface area contributed by atoms with Crippen LogP contribution in [-0.2, 0) is 10.8 Å². The average molecular weight is 772 g/mol. The van der Waals surface area contributed by atoms with Crippen molar-refractivity contribution in [1.82, 2.24) is 0 Å². The molecule has 290 valence electrons. The molecule has 9 aromatic rings. The summed E-state index contributed by atoms with van der Waals surface area (Å²) < 4.78 is 0. The minimum Gasteiger partial charge on any atom is -0.309 e. The van der Waals surface area contributed by atoms with Crippen LogP contribution in [0.1, 0.15) is 51.3 Å². The highest BCUT2D eigenvalue weighted by molar-refractivity contribution is 6.09. The van der Waals surface area contributed by atoms with Gasteiger partial charge in [-0.3, -0.25) is 0 Å². The van der Waals surface area contributed by atoms with Crippen molar-refractivity contribution in [3.63, 3.8) is 0 Å². The van der Waals surface area contributed by atoms with Gasteiger partial charge in [0.25, 0.3) is 0 Å². The van der Waals surface area contributed by atoms with E-state index >= 15 is 0 Å². The molecule has 0 N–H and O–H groups in total. The van der Waals surface area contributed by atoms with Crippen LogP contribution >= 0.6 is 0 Å². The lowest BCUT2D eigenvalue weighted by molar-refractivity contribution is 0.590. The molecule has 9 aromatic carbocycles. The van der Waals surface area contributed by atoms with E-state index in [1.807, 2.05) is 0 Å². The Bertz CT molecular complexity index is 3010. The Hall–Kier alpha value is -6.96. The first-order valence-corrected chi connectivity index (χ1v) is 21.2. The number of benzene rings is 9. The highest BCUT2D eigenvalue weighted by Crippen LogP contribution is 2.53. The summed E-state index contributed by atoms with van der Waals surface area (Å²) in [6.07, 6.45) is 0. The third-order valence-corrected chi connectivity index (χ3v) is 12.7. The second-order valence-electron chi connectivity index (χ2n) is 17.7. The highest BCUT2D eigenvalue weighted by atomic mass is 15.1. The molecule has 0 unspecified atom stereocenters. The molecular weight excluding hydrogens is 723 g/mol. The normalized spacial score (nSPS) is 12.9. The van der Waals surface area contributed by atoms with Crippen molar-refractivity contribution in [2.75, 3.05) is 4.90 Å². The summed E-state index contributed by atoms with van der Waals surface area (Å²) in [5, 5.41) is 2.47. The molecule has 0 heterocycles. The first-order chi connectivity index (χ1) is 29.2. The molecular formula is C59H49N. The maximum atomic E-state index is 2.51. The summed E-state index contributed by atoms with van der Waals surface area (Å²) >= 11 is 0. The van der Waals surface area contributed by atoms with Crippen molar-refractivity contribution >= 4 is 27.8 Å². The van der Waals surface area contributed by atoms with E-state index in [1.165, 1.54) is 83.1 Å². The van der Waals surface area contributed by atoms with E-state index in [0.717, 1.165) is 17.1 Å². The summed E-state index contributed by atoms with van der Waals surface area (Å²) in [5.41, 5.74) is 19.7. The van der Waals surface area contributed by atoms with Gasteiger partial charge in [0.2, 0.25) is 0 Å². The fourth-order valence-corrected chi connectivity index (χ4v) is 9.56. The van der Waals surface area contributed by atoms with Crippen LogP contribution in [0.25, 0.3) is 66.4 Å². The van der Waals surface area contributed by atoms with Crippen molar-refractivity contribution in [3.05, 3.63) is 223 Å². The smallest absolute Gasteiger partial charge is 0.0543 e. The monoisotopic (exact) mass is 771 g/mol. The third kappa shape index (κ3) is 6.33. The SMILES string of the molecule is CC(C)(C)c1ccc(-c2ccccc2)c(N(c2ccc(-c3cccc4c3-c3ccccc3C4(C)C)cc2)c2ccccc2-c2cccc3cccc(-c4ccccc4)c23)c1. The zero-order valence-corrected chi connectivity index (χ0v) is 35.1. The van der Waals surface area contributed by atoms with Crippen molar-refractivity contribution in [2.24, 2.45) is 0 Å². The molecule has 0 saturated carbocycles. The maximum Gasteiger partial charge on any atom is 0.0543 e.